The van der Waals surface area contributed by atoms with Crippen molar-refractivity contribution < 1.29 is 27.9 Å². The number of aliphatic carboxylic acids is 1. The molecule has 0 heterocycles. The fourth-order valence-corrected chi connectivity index (χ4v) is 3.94. The molecule has 3 aromatic carbocycles. The second-order valence-corrected chi connectivity index (χ2v) is 8.10. The van der Waals surface area contributed by atoms with E-state index in [4.69, 9.17) is 4.74 Å². The first kappa shape index (κ1) is 20.3. The van der Waals surface area contributed by atoms with Gasteiger partial charge in [-0.2, -0.15) is 0 Å². The van der Waals surface area contributed by atoms with Crippen molar-refractivity contribution in [1.29, 1.82) is 0 Å². The topological polar surface area (TPSA) is 110 Å². The van der Waals surface area contributed by atoms with Crippen LogP contribution in [0.1, 0.15) is 5.56 Å². The number of amides is 1. The standard InChI is InChI=1S/C21H19NO6S/c1-28-17-9-6-14(7-10-17)12-19(21(24)25)20(23)22-29(26,27)18-11-8-15-4-2-3-5-16(15)13-18/h2-11,13,19H,12H2,1H3,(H,22,23)(H,24,25). The zero-order valence-corrected chi connectivity index (χ0v) is 16.3. The van der Waals surface area contributed by atoms with Crippen LogP contribution in [-0.2, 0) is 26.0 Å². The SMILES string of the molecule is COc1ccc(CC(C(=O)O)C(=O)NS(=O)(=O)c2ccc3ccccc3c2)cc1. The number of benzene rings is 3. The minimum absolute atomic E-state index is 0.113. The maximum absolute atomic E-state index is 12.6. The summed E-state index contributed by atoms with van der Waals surface area (Å²) in [5.74, 6) is -3.48. The smallest absolute Gasteiger partial charge is 0.316 e. The van der Waals surface area contributed by atoms with Crippen molar-refractivity contribution in [1.82, 2.24) is 4.72 Å². The van der Waals surface area contributed by atoms with E-state index in [1.807, 2.05) is 16.9 Å². The van der Waals surface area contributed by atoms with Crippen LogP contribution >= 0.6 is 0 Å². The highest BCUT2D eigenvalue weighted by atomic mass is 32.2. The predicted octanol–water partition coefficient (Wildman–Crippen LogP) is 2.60. The van der Waals surface area contributed by atoms with Crippen LogP contribution in [0.3, 0.4) is 0 Å². The number of hydrogen-bond donors (Lipinski definition) is 2. The lowest BCUT2D eigenvalue weighted by Gasteiger charge is -2.14. The molecule has 1 amide bonds. The van der Waals surface area contributed by atoms with Gasteiger partial charge in [0.25, 0.3) is 10.0 Å². The second kappa shape index (κ2) is 8.32. The third kappa shape index (κ3) is 4.72. The van der Waals surface area contributed by atoms with Gasteiger partial charge in [0.2, 0.25) is 5.91 Å². The van der Waals surface area contributed by atoms with E-state index in [1.165, 1.54) is 19.2 Å². The van der Waals surface area contributed by atoms with Crippen molar-refractivity contribution in [3.63, 3.8) is 0 Å². The molecule has 3 rings (SSSR count). The number of hydrogen-bond acceptors (Lipinski definition) is 5. The average molecular weight is 413 g/mol. The van der Waals surface area contributed by atoms with Gasteiger partial charge < -0.3 is 9.84 Å². The number of carbonyl (C=O) groups is 2. The van der Waals surface area contributed by atoms with Crippen molar-refractivity contribution in [2.45, 2.75) is 11.3 Å². The fraction of sp³-hybridized carbons (Fsp3) is 0.143. The van der Waals surface area contributed by atoms with E-state index in [-0.39, 0.29) is 11.3 Å². The van der Waals surface area contributed by atoms with Crippen LogP contribution in [-0.4, -0.2) is 32.5 Å². The number of carboxylic acid groups (broad SMARTS) is 1. The van der Waals surface area contributed by atoms with E-state index in [0.717, 1.165) is 5.39 Å². The van der Waals surface area contributed by atoms with E-state index in [2.05, 4.69) is 0 Å². The van der Waals surface area contributed by atoms with Gasteiger partial charge in [-0.3, -0.25) is 9.59 Å². The minimum atomic E-state index is -4.22. The van der Waals surface area contributed by atoms with Crippen molar-refractivity contribution >= 4 is 32.7 Å². The molecule has 2 N–H and O–H groups in total. The van der Waals surface area contributed by atoms with E-state index < -0.39 is 27.8 Å². The highest BCUT2D eigenvalue weighted by molar-refractivity contribution is 7.90. The Morgan fingerprint density at radius 1 is 1.00 bits per heavy atom. The van der Waals surface area contributed by atoms with E-state index in [9.17, 15) is 23.1 Å². The van der Waals surface area contributed by atoms with Crippen LogP contribution in [0.4, 0.5) is 0 Å². The zero-order valence-electron chi connectivity index (χ0n) is 15.5. The first-order chi connectivity index (χ1) is 13.8. The van der Waals surface area contributed by atoms with Crippen LogP contribution in [0, 0.1) is 5.92 Å². The number of carboxylic acids is 1. The molecule has 0 aromatic heterocycles. The van der Waals surface area contributed by atoms with Crippen LogP contribution < -0.4 is 9.46 Å². The fourth-order valence-electron chi connectivity index (χ4n) is 2.89. The zero-order chi connectivity index (χ0) is 21.0. The lowest BCUT2D eigenvalue weighted by molar-refractivity contribution is -0.146. The van der Waals surface area contributed by atoms with Crippen LogP contribution in [0.25, 0.3) is 10.8 Å². The maximum atomic E-state index is 12.6. The Morgan fingerprint density at radius 2 is 1.66 bits per heavy atom. The Labute approximate surface area is 168 Å². The lowest BCUT2D eigenvalue weighted by atomic mass is 9.99. The van der Waals surface area contributed by atoms with Gasteiger partial charge in [0.15, 0.2) is 0 Å². The summed E-state index contributed by atoms with van der Waals surface area (Å²) in [4.78, 5) is 23.9. The molecule has 150 valence electrons. The number of nitrogens with one attached hydrogen (secondary N) is 1. The first-order valence-corrected chi connectivity index (χ1v) is 10.2. The second-order valence-electron chi connectivity index (χ2n) is 6.42. The Balaban J connectivity index is 1.80. The van der Waals surface area contributed by atoms with Gasteiger partial charge in [-0.05, 0) is 47.0 Å². The monoisotopic (exact) mass is 413 g/mol. The van der Waals surface area contributed by atoms with E-state index >= 15 is 0 Å². The van der Waals surface area contributed by atoms with E-state index in [0.29, 0.717) is 16.7 Å². The molecule has 7 nitrogen and oxygen atoms in total. The molecule has 8 heteroatoms. The molecule has 0 bridgehead atoms. The molecule has 0 saturated heterocycles. The number of fused-ring (bicyclic) bond motifs is 1. The third-order valence-corrected chi connectivity index (χ3v) is 5.82. The number of sulfonamides is 1. The Hall–Kier alpha value is -3.39. The molecular formula is C21H19NO6S. The summed E-state index contributed by atoms with van der Waals surface area (Å²) in [6.45, 7) is 0. The molecule has 0 fully saturated rings. The Morgan fingerprint density at radius 3 is 2.28 bits per heavy atom. The highest BCUT2D eigenvalue weighted by Crippen LogP contribution is 2.20. The molecular weight excluding hydrogens is 394 g/mol. The number of ether oxygens (including phenoxy) is 1. The Bertz CT molecular complexity index is 1160. The number of rotatable bonds is 7. The molecule has 0 saturated carbocycles. The summed E-state index contributed by atoms with van der Waals surface area (Å²) in [6.07, 6.45) is -0.154. The van der Waals surface area contributed by atoms with Gasteiger partial charge in [0.1, 0.15) is 11.7 Å². The highest BCUT2D eigenvalue weighted by Gasteiger charge is 2.30. The number of methoxy groups -OCH3 is 1. The van der Waals surface area contributed by atoms with Crippen molar-refractivity contribution in [3.8, 4) is 5.75 Å². The molecule has 0 aliphatic carbocycles. The summed E-state index contributed by atoms with van der Waals surface area (Å²) in [5, 5.41) is 11.0. The van der Waals surface area contributed by atoms with Gasteiger partial charge in [0, 0.05) is 0 Å². The maximum Gasteiger partial charge on any atom is 0.316 e. The summed E-state index contributed by atoms with van der Waals surface area (Å²) in [5.41, 5.74) is 0.566. The first-order valence-electron chi connectivity index (χ1n) is 8.71. The minimum Gasteiger partial charge on any atom is -0.497 e. The molecule has 0 radical (unpaired) electrons. The van der Waals surface area contributed by atoms with Gasteiger partial charge in [-0.15, -0.1) is 0 Å². The quantitative estimate of drug-likeness (QED) is 0.576. The third-order valence-electron chi connectivity index (χ3n) is 4.48. The normalized spacial score (nSPS) is 12.3. The molecule has 29 heavy (non-hydrogen) atoms. The molecule has 0 spiro atoms. The summed E-state index contributed by atoms with van der Waals surface area (Å²) < 4.78 is 32.1. The average Bonchev–Trinajstić information content (AvgIpc) is 2.71. The van der Waals surface area contributed by atoms with Gasteiger partial charge in [-0.25, -0.2) is 13.1 Å². The molecule has 0 aliphatic heterocycles. The van der Waals surface area contributed by atoms with Crippen LogP contribution in [0.15, 0.2) is 71.6 Å². The summed E-state index contributed by atoms with van der Waals surface area (Å²) in [6, 6.07) is 18.1. The largest absolute Gasteiger partial charge is 0.497 e. The summed E-state index contributed by atoms with van der Waals surface area (Å²) in [7, 11) is -2.72. The van der Waals surface area contributed by atoms with Gasteiger partial charge in [0.05, 0.1) is 12.0 Å². The van der Waals surface area contributed by atoms with Crippen molar-refractivity contribution in [2.75, 3.05) is 7.11 Å². The van der Waals surface area contributed by atoms with Crippen molar-refractivity contribution in [2.24, 2.45) is 5.92 Å². The van der Waals surface area contributed by atoms with Crippen LogP contribution in [0.5, 0.6) is 5.75 Å². The summed E-state index contributed by atoms with van der Waals surface area (Å²) >= 11 is 0. The van der Waals surface area contributed by atoms with Gasteiger partial charge in [-0.1, -0.05) is 42.5 Å². The number of carbonyl (C=O) groups excluding carboxylic acids is 1. The molecule has 1 atom stereocenters. The Kier molecular flexibility index (Phi) is 5.84. The van der Waals surface area contributed by atoms with Crippen LogP contribution in [0.2, 0.25) is 0 Å². The molecule has 0 aliphatic rings. The molecule has 3 aromatic rings. The lowest BCUT2D eigenvalue weighted by Crippen LogP contribution is -2.40. The van der Waals surface area contributed by atoms with Gasteiger partial charge >= 0.3 is 5.97 Å². The van der Waals surface area contributed by atoms with E-state index in [1.54, 1.807) is 42.5 Å². The predicted molar refractivity (Wildman–Crippen MR) is 107 cm³/mol. The molecule has 1 unspecified atom stereocenters. The van der Waals surface area contributed by atoms with Crippen molar-refractivity contribution in [3.05, 3.63) is 72.3 Å².